The molecule has 1 aliphatic rings. The highest BCUT2D eigenvalue weighted by atomic mass is 16.5. The molecule has 0 radical (unpaired) electrons. The van der Waals surface area contributed by atoms with Crippen molar-refractivity contribution >= 4 is 11.8 Å². The molecule has 0 aromatic heterocycles. The van der Waals surface area contributed by atoms with Crippen molar-refractivity contribution in [3.8, 4) is 28.0 Å². The van der Waals surface area contributed by atoms with Crippen molar-refractivity contribution in [3.05, 3.63) is 76.9 Å². The fourth-order valence-corrected chi connectivity index (χ4v) is 4.29. The van der Waals surface area contributed by atoms with Crippen LogP contribution in [0.4, 0.5) is 0 Å². The second-order valence-electron chi connectivity index (χ2n) is 8.72. The minimum absolute atomic E-state index is 0.0113. The maximum absolute atomic E-state index is 12.9. The van der Waals surface area contributed by atoms with E-state index in [1.807, 2.05) is 74.6 Å². The van der Waals surface area contributed by atoms with Gasteiger partial charge in [0.15, 0.2) is 0 Å². The third kappa shape index (κ3) is 4.47. The Morgan fingerprint density at radius 1 is 0.939 bits per heavy atom. The lowest BCUT2D eigenvalue weighted by Gasteiger charge is -2.20. The SMILES string of the molecule is COc1cccc(-c2cc(C(N)=O)c3c(c2)-c2ccc(C(=O)N(C)CCN(C)C)cc2C3)c1. The van der Waals surface area contributed by atoms with Gasteiger partial charge in [-0.15, -0.1) is 0 Å². The molecule has 4 rings (SSSR count). The van der Waals surface area contributed by atoms with Gasteiger partial charge in [0, 0.05) is 31.3 Å². The number of fused-ring (bicyclic) bond motifs is 3. The number of benzene rings is 3. The number of rotatable bonds is 7. The molecule has 0 saturated carbocycles. The normalized spacial score (nSPS) is 11.8. The molecule has 170 valence electrons. The van der Waals surface area contributed by atoms with Crippen molar-refractivity contribution in [1.82, 2.24) is 9.80 Å². The first-order chi connectivity index (χ1) is 15.8. The molecule has 0 spiro atoms. The zero-order chi connectivity index (χ0) is 23.7. The quantitative estimate of drug-likeness (QED) is 0.473. The molecule has 0 heterocycles. The number of methoxy groups -OCH3 is 1. The van der Waals surface area contributed by atoms with Crippen molar-refractivity contribution in [2.75, 3.05) is 41.3 Å². The number of hydrogen-bond donors (Lipinski definition) is 1. The molecular formula is C27H29N3O3. The number of amides is 2. The summed E-state index contributed by atoms with van der Waals surface area (Å²) in [5, 5.41) is 0. The van der Waals surface area contributed by atoms with Gasteiger partial charge < -0.3 is 20.3 Å². The Kier molecular flexibility index (Phi) is 6.20. The van der Waals surface area contributed by atoms with Gasteiger partial charge in [0.05, 0.1) is 7.11 Å². The molecule has 0 atom stereocenters. The standard InChI is InChI=1S/C27H29N3O3/c1-29(2)10-11-30(3)27(32)18-8-9-22-20(12-18)16-24-23(22)14-19(15-25(24)26(28)31)17-6-5-7-21(13-17)33-4/h5-9,12-15H,10-11,16H2,1-4H3,(H2,28,31). The number of carbonyl (C=O) groups excluding carboxylic acids is 2. The second kappa shape index (κ2) is 9.08. The first-order valence-corrected chi connectivity index (χ1v) is 10.9. The van der Waals surface area contributed by atoms with E-state index < -0.39 is 5.91 Å². The predicted molar refractivity (Wildman–Crippen MR) is 131 cm³/mol. The second-order valence-corrected chi connectivity index (χ2v) is 8.72. The number of ether oxygens (including phenoxy) is 1. The van der Waals surface area contributed by atoms with Gasteiger partial charge in [0.1, 0.15) is 5.75 Å². The Balaban J connectivity index is 1.72. The van der Waals surface area contributed by atoms with Crippen LogP contribution in [0.15, 0.2) is 54.6 Å². The van der Waals surface area contributed by atoms with E-state index in [1.54, 1.807) is 12.0 Å². The molecule has 3 aromatic rings. The van der Waals surface area contributed by atoms with Crippen LogP contribution in [0.25, 0.3) is 22.3 Å². The summed E-state index contributed by atoms with van der Waals surface area (Å²) < 4.78 is 5.36. The Labute approximate surface area is 194 Å². The van der Waals surface area contributed by atoms with Crippen LogP contribution in [-0.2, 0) is 6.42 Å². The summed E-state index contributed by atoms with van der Waals surface area (Å²) in [6, 6.07) is 17.5. The summed E-state index contributed by atoms with van der Waals surface area (Å²) in [6.45, 7) is 1.45. The molecule has 33 heavy (non-hydrogen) atoms. The molecule has 2 amide bonds. The fourth-order valence-electron chi connectivity index (χ4n) is 4.29. The smallest absolute Gasteiger partial charge is 0.253 e. The summed E-state index contributed by atoms with van der Waals surface area (Å²) in [7, 11) is 7.42. The highest BCUT2D eigenvalue weighted by molar-refractivity contribution is 6.01. The van der Waals surface area contributed by atoms with Gasteiger partial charge in [0.25, 0.3) is 5.91 Å². The molecule has 0 aliphatic heterocycles. The van der Waals surface area contributed by atoms with Gasteiger partial charge in [-0.05, 0) is 90.3 Å². The molecule has 6 nitrogen and oxygen atoms in total. The zero-order valence-electron chi connectivity index (χ0n) is 19.5. The van der Waals surface area contributed by atoms with Gasteiger partial charge in [0.2, 0.25) is 5.91 Å². The molecule has 3 aromatic carbocycles. The van der Waals surface area contributed by atoms with E-state index in [9.17, 15) is 9.59 Å². The average Bonchev–Trinajstić information content (AvgIpc) is 3.18. The van der Waals surface area contributed by atoms with E-state index in [0.29, 0.717) is 24.1 Å². The van der Waals surface area contributed by atoms with E-state index in [4.69, 9.17) is 10.5 Å². The van der Waals surface area contributed by atoms with Crippen molar-refractivity contribution in [2.45, 2.75) is 6.42 Å². The zero-order valence-corrected chi connectivity index (χ0v) is 19.5. The highest BCUT2D eigenvalue weighted by Gasteiger charge is 2.26. The van der Waals surface area contributed by atoms with Crippen LogP contribution in [-0.4, -0.2) is 63.0 Å². The molecule has 1 aliphatic carbocycles. The molecule has 0 unspecified atom stereocenters. The lowest BCUT2D eigenvalue weighted by Crippen LogP contribution is -2.33. The highest BCUT2D eigenvalue weighted by Crippen LogP contribution is 2.41. The molecule has 0 fully saturated rings. The topological polar surface area (TPSA) is 75.9 Å². The van der Waals surface area contributed by atoms with Crippen LogP contribution in [0.1, 0.15) is 31.8 Å². The number of carbonyl (C=O) groups is 2. The van der Waals surface area contributed by atoms with Crippen molar-refractivity contribution in [3.63, 3.8) is 0 Å². The molecular weight excluding hydrogens is 414 g/mol. The fraction of sp³-hybridized carbons (Fsp3) is 0.259. The minimum atomic E-state index is -0.455. The third-order valence-corrected chi connectivity index (χ3v) is 6.16. The van der Waals surface area contributed by atoms with Gasteiger partial charge in [-0.1, -0.05) is 18.2 Å². The van der Waals surface area contributed by atoms with E-state index in [1.165, 1.54) is 0 Å². The van der Waals surface area contributed by atoms with Crippen molar-refractivity contribution < 1.29 is 14.3 Å². The number of nitrogens with two attached hydrogens (primary N) is 1. The van der Waals surface area contributed by atoms with Gasteiger partial charge in [-0.3, -0.25) is 9.59 Å². The van der Waals surface area contributed by atoms with E-state index in [2.05, 4.69) is 6.07 Å². The van der Waals surface area contributed by atoms with Crippen LogP contribution in [0, 0.1) is 0 Å². The summed E-state index contributed by atoms with van der Waals surface area (Å²) in [4.78, 5) is 29.1. The molecule has 0 saturated heterocycles. The minimum Gasteiger partial charge on any atom is -0.497 e. The third-order valence-electron chi connectivity index (χ3n) is 6.16. The largest absolute Gasteiger partial charge is 0.497 e. The van der Waals surface area contributed by atoms with E-state index >= 15 is 0 Å². The Morgan fingerprint density at radius 3 is 2.42 bits per heavy atom. The van der Waals surface area contributed by atoms with Crippen molar-refractivity contribution in [1.29, 1.82) is 0 Å². The summed E-state index contributed by atoms with van der Waals surface area (Å²) in [5.74, 6) is 0.280. The number of likely N-dealkylation sites (N-methyl/N-ethyl adjacent to an activating group) is 2. The van der Waals surface area contributed by atoms with Gasteiger partial charge in [-0.25, -0.2) is 0 Å². The average molecular weight is 444 g/mol. The van der Waals surface area contributed by atoms with Gasteiger partial charge >= 0.3 is 0 Å². The van der Waals surface area contributed by atoms with E-state index in [0.717, 1.165) is 45.7 Å². The van der Waals surface area contributed by atoms with Crippen LogP contribution in [0.3, 0.4) is 0 Å². The van der Waals surface area contributed by atoms with Crippen molar-refractivity contribution in [2.24, 2.45) is 5.73 Å². The number of hydrogen-bond acceptors (Lipinski definition) is 4. The number of nitrogens with zero attached hydrogens (tertiary/aromatic N) is 2. The predicted octanol–water partition coefficient (Wildman–Crippen LogP) is 3.67. The maximum atomic E-state index is 12.9. The summed E-state index contributed by atoms with van der Waals surface area (Å²) in [5.41, 5.74) is 12.7. The molecule has 6 heteroatoms. The van der Waals surface area contributed by atoms with Crippen LogP contribution in [0.2, 0.25) is 0 Å². The molecule has 0 bridgehead atoms. The monoisotopic (exact) mass is 443 g/mol. The molecule has 2 N–H and O–H groups in total. The first-order valence-electron chi connectivity index (χ1n) is 10.9. The lowest BCUT2D eigenvalue weighted by molar-refractivity contribution is 0.0786. The summed E-state index contributed by atoms with van der Waals surface area (Å²) >= 11 is 0. The van der Waals surface area contributed by atoms with Gasteiger partial charge in [-0.2, -0.15) is 0 Å². The Bertz CT molecular complexity index is 1230. The number of primary amides is 1. The first kappa shape index (κ1) is 22.6. The lowest BCUT2D eigenvalue weighted by atomic mass is 9.94. The van der Waals surface area contributed by atoms with Crippen LogP contribution >= 0.6 is 0 Å². The maximum Gasteiger partial charge on any atom is 0.253 e. The van der Waals surface area contributed by atoms with Crippen LogP contribution in [0.5, 0.6) is 5.75 Å². The Hall–Kier alpha value is -3.64. The summed E-state index contributed by atoms with van der Waals surface area (Å²) in [6.07, 6.45) is 0.573. The van der Waals surface area contributed by atoms with Crippen LogP contribution < -0.4 is 10.5 Å². The Morgan fingerprint density at radius 2 is 1.73 bits per heavy atom. The van der Waals surface area contributed by atoms with E-state index in [-0.39, 0.29) is 5.91 Å².